The van der Waals surface area contributed by atoms with Gasteiger partial charge in [0.2, 0.25) is 5.91 Å². The van der Waals surface area contributed by atoms with Crippen molar-refractivity contribution in [3.63, 3.8) is 0 Å². The highest BCUT2D eigenvalue weighted by Crippen LogP contribution is 2.01. The van der Waals surface area contributed by atoms with E-state index in [1.165, 1.54) is 5.54 Å². The number of rotatable bonds is 2. The van der Waals surface area contributed by atoms with Crippen molar-refractivity contribution in [2.45, 2.75) is 6.92 Å². The van der Waals surface area contributed by atoms with E-state index in [2.05, 4.69) is 4.90 Å². The number of carbonyl (C=O) groups is 1. The summed E-state index contributed by atoms with van der Waals surface area (Å²) in [5.41, 5.74) is 1.54. The zero-order valence-electron chi connectivity index (χ0n) is 7.87. The molecular weight excluding hydrogens is 188 g/mol. The molecule has 1 fully saturated rings. The third-order valence-electron chi connectivity index (χ3n) is 2.27. The van der Waals surface area contributed by atoms with E-state index in [9.17, 15) is 4.79 Å². The third kappa shape index (κ3) is 3.36. The van der Waals surface area contributed by atoms with Crippen LogP contribution in [0.25, 0.3) is 0 Å². The van der Waals surface area contributed by atoms with Crippen molar-refractivity contribution >= 4 is 17.5 Å². The molecule has 1 amide bonds. The summed E-state index contributed by atoms with van der Waals surface area (Å²) in [5.74, 6) is 0.174. The summed E-state index contributed by atoms with van der Waals surface area (Å²) in [5, 5.41) is 0. The minimum atomic E-state index is 0.174. The number of carbonyl (C=O) groups excluding carboxylic acids is 1. The van der Waals surface area contributed by atoms with Gasteiger partial charge in [0.05, 0.1) is 0 Å². The van der Waals surface area contributed by atoms with Gasteiger partial charge in [-0.1, -0.05) is 17.7 Å². The molecule has 0 atom stereocenters. The van der Waals surface area contributed by atoms with E-state index < -0.39 is 0 Å². The summed E-state index contributed by atoms with van der Waals surface area (Å²) >= 11 is 5.43. The van der Waals surface area contributed by atoms with Crippen molar-refractivity contribution < 1.29 is 4.79 Å². The first kappa shape index (κ1) is 10.5. The average molecular weight is 203 g/mol. The number of amides is 1. The van der Waals surface area contributed by atoms with Gasteiger partial charge in [0.15, 0.2) is 0 Å². The van der Waals surface area contributed by atoms with E-state index in [0.717, 1.165) is 32.7 Å². The molecule has 0 aromatic rings. The number of halogens is 1. The lowest BCUT2D eigenvalue weighted by Gasteiger charge is -2.33. The van der Waals surface area contributed by atoms with Crippen molar-refractivity contribution in [3.8, 4) is 0 Å². The van der Waals surface area contributed by atoms with Gasteiger partial charge >= 0.3 is 0 Å². The van der Waals surface area contributed by atoms with Gasteiger partial charge < -0.3 is 4.90 Å². The van der Waals surface area contributed by atoms with Crippen LogP contribution in [0.4, 0.5) is 0 Å². The summed E-state index contributed by atoms with van der Waals surface area (Å²) < 4.78 is 0. The van der Waals surface area contributed by atoms with Crippen LogP contribution in [0.2, 0.25) is 0 Å². The van der Waals surface area contributed by atoms with Gasteiger partial charge in [-0.25, -0.2) is 0 Å². The van der Waals surface area contributed by atoms with Crippen LogP contribution in [-0.2, 0) is 4.79 Å². The second kappa shape index (κ2) is 5.25. The third-order valence-corrected chi connectivity index (χ3v) is 2.45. The predicted octanol–water partition coefficient (Wildman–Crippen LogP) is 0.903. The molecule has 0 radical (unpaired) electrons. The standard InChI is InChI=1S/C9H15ClN2O/c1-9(13)12-7-5-11(6-8-12)4-2-3-10/h2-3H,4-8H2,1H3/b3-2+. The summed E-state index contributed by atoms with van der Waals surface area (Å²) in [7, 11) is 0. The summed E-state index contributed by atoms with van der Waals surface area (Å²) in [4.78, 5) is 15.1. The van der Waals surface area contributed by atoms with E-state index in [1.54, 1.807) is 6.92 Å². The predicted molar refractivity (Wildman–Crippen MR) is 53.7 cm³/mol. The van der Waals surface area contributed by atoms with Crippen LogP contribution in [-0.4, -0.2) is 48.4 Å². The van der Waals surface area contributed by atoms with Crippen LogP contribution < -0.4 is 0 Å². The highest BCUT2D eigenvalue weighted by Gasteiger charge is 2.16. The van der Waals surface area contributed by atoms with Crippen LogP contribution in [0.1, 0.15) is 6.92 Å². The average Bonchev–Trinajstić information content (AvgIpc) is 2.15. The Balaban J connectivity index is 2.26. The van der Waals surface area contributed by atoms with E-state index >= 15 is 0 Å². The Morgan fingerprint density at radius 3 is 2.46 bits per heavy atom. The number of piperazine rings is 1. The molecule has 0 bridgehead atoms. The molecule has 1 rings (SSSR count). The lowest BCUT2D eigenvalue weighted by atomic mass is 10.3. The molecule has 1 heterocycles. The molecule has 0 N–H and O–H groups in total. The molecule has 74 valence electrons. The van der Waals surface area contributed by atoms with Crippen molar-refractivity contribution in [3.05, 3.63) is 11.6 Å². The molecule has 13 heavy (non-hydrogen) atoms. The molecule has 0 aromatic carbocycles. The molecule has 1 aliphatic heterocycles. The first-order valence-corrected chi connectivity index (χ1v) is 4.91. The Labute approximate surface area is 83.9 Å². The Hall–Kier alpha value is -0.540. The van der Waals surface area contributed by atoms with Crippen LogP contribution in [0, 0.1) is 0 Å². The van der Waals surface area contributed by atoms with Crippen LogP contribution in [0.5, 0.6) is 0 Å². The maximum Gasteiger partial charge on any atom is 0.219 e. The molecule has 0 aliphatic carbocycles. The fraction of sp³-hybridized carbons (Fsp3) is 0.667. The Morgan fingerprint density at radius 2 is 2.00 bits per heavy atom. The van der Waals surface area contributed by atoms with E-state index in [0.29, 0.717) is 0 Å². The lowest BCUT2D eigenvalue weighted by Crippen LogP contribution is -2.47. The lowest BCUT2D eigenvalue weighted by molar-refractivity contribution is -0.130. The normalized spacial score (nSPS) is 19.7. The van der Waals surface area contributed by atoms with Crippen LogP contribution in [0.3, 0.4) is 0 Å². The zero-order valence-corrected chi connectivity index (χ0v) is 8.63. The second-order valence-electron chi connectivity index (χ2n) is 3.17. The Bertz CT molecular complexity index is 198. The Kier molecular flexibility index (Phi) is 4.25. The summed E-state index contributed by atoms with van der Waals surface area (Å²) in [6.07, 6.45) is 1.92. The molecule has 1 saturated heterocycles. The molecule has 1 aliphatic rings. The fourth-order valence-corrected chi connectivity index (χ4v) is 1.51. The summed E-state index contributed by atoms with van der Waals surface area (Å²) in [6, 6.07) is 0. The van der Waals surface area contributed by atoms with Crippen LogP contribution in [0.15, 0.2) is 11.6 Å². The number of hydrogen-bond donors (Lipinski definition) is 0. The van der Waals surface area contributed by atoms with Gasteiger partial charge in [-0.3, -0.25) is 9.69 Å². The van der Waals surface area contributed by atoms with Gasteiger partial charge in [-0.2, -0.15) is 0 Å². The molecule has 3 nitrogen and oxygen atoms in total. The molecule has 0 saturated carbocycles. The fourth-order valence-electron chi connectivity index (χ4n) is 1.43. The largest absolute Gasteiger partial charge is 0.340 e. The van der Waals surface area contributed by atoms with E-state index in [1.807, 2.05) is 11.0 Å². The van der Waals surface area contributed by atoms with Crippen LogP contribution >= 0.6 is 11.6 Å². The second-order valence-corrected chi connectivity index (χ2v) is 3.42. The number of nitrogens with zero attached hydrogens (tertiary/aromatic N) is 2. The first-order chi connectivity index (χ1) is 6.24. The molecule has 4 heteroatoms. The smallest absolute Gasteiger partial charge is 0.219 e. The Morgan fingerprint density at radius 1 is 1.38 bits per heavy atom. The minimum Gasteiger partial charge on any atom is -0.340 e. The maximum absolute atomic E-state index is 11.0. The quantitative estimate of drug-likeness (QED) is 0.665. The summed E-state index contributed by atoms with van der Waals surface area (Å²) in [6.45, 7) is 6.07. The highest BCUT2D eigenvalue weighted by atomic mass is 35.5. The van der Waals surface area contributed by atoms with Crippen molar-refractivity contribution in [1.82, 2.24) is 9.80 Å². The molecule has 0 spiro atoms. The van der Waals surface area contributed by atoms with Gasteiger partial charge in [-0.15, -0.1) is 0 Å². The van der Waals surface area contributed by atoms with Crippen molar-refractivity contribution in [2.24, 2.45) is 0 Å². The maximum atomic E-state index is 11.0. The zero-order chi connectivity index (χ0) is 9.68. The van der Waals surface area contributed by atoms with Gasteiger partial charge in [0.25, 0.3) is 0 Å². The van der Waals surface area contributed by atoms with Gasteiger partial charge in [0.1, 0.15) is 0 Å². The van der Waals surface area contributed by atoms with Gasteiger partial charge in [-0.05, 0) is 0 Å². The van der Waals surface area contributed by atoms with E-state index in [4.69, 9.17) is 11.6 Å². The highest BCUT2D eigenvalue weighted by molar-refractivity contribution is 6.25. The minimum absolute atomic E-state index is 0.174. The van der Waals surface area contributed by atoms with Crippen molar-refractivity contribution in [1.29, 1.82) is 0 Å². The topological polar surface area (TPSA) is 23.6 Å². The molecule has 0 unspecified atom stereocenters. The number of hydrogen-bond acceptors (Lipinski definition) is 2. The van der Waals surface area contributed by atoms with Crippen molar-refractivity contribution in [2.75, 3.05) is 32.7 Å². The monoisotopic (exact) mass is 202 g/mol. The van der Waals surface area contributed by atoms with Gasteiger partial charge in [0, 0.05) is 45.2 Å². The van der Waals surface area contributed by atoms with E-state index in [-0.39, 0.29) is 5.91 Å². The molecular formula is C9H15ClN2O. The SMILES string of the molecule is CC(=O)N1CCN(C/C=C/Cl)CC1. The molecule has 0 aromatic heterocycles. The first-order valence-electron chi connectivity index (χ1n) is 4.47.